The van der Waals surface area contributed by atoms with Crippen LogP contribution in [0.2, 0.25) is 0 Å². The second-order valence-electron chi connectivity index (χ2n) is 5.48. The maximum atomic E-state index is 11.7. The van der Waals surface area contributed by atoms with Crippen molar-refractivity contribution in [1.29, 1.82) is 0 Å². The molecule has 0 bridgehead atoms. The summed E-state index contributed by atoms with van der Waals surface area (Å²) in [5, 5.41) is 3.22. The molecule has 1 amide bonds. The van der Waals surface area contributed by atoms with Gasteiger partial charge in [-0.15, -0.1) is 0 Å². The minimum atomic E-state index is -0.639. The first kappa shape index (κ1) is 19.4. The summed E-state index contributed by atoms with van der Waals surface area (Å²) in [7, 11) is 0. The molecule has 0 radical (unpaired) electrons. The van der Waals surface area contributed by atoms with E-state index < -0.39 is 5.54 Å². The van der Waals surface area contributed by atoms with Crippen LogP contribution in [0.15, 0.2) is 0 Å². The number of nitrogens with two attached hydrogens (primary N) is 1. The quantitative estimate of drug-likeness (QED) is 0.559. The Balaban J connectivity index is 4.34. The molecule has 20 heavy (non-hydrogen) atoms. The highest BCUT2D eigenvalue weighted by Gasteiger charge is 2.31. The van der Waals surface area contributed by atoms with Crippen LogP contribution in [0.1, 0.15) is 41.0 Å². The molecule has 0 fully saturated rings. The summed E-state index contributed by atoms with van der Waals surface area (Å²) in [4.78, 5) is 16.4. The fourth-order valence-corrected chi connectivity index (χ4v) is 2.47. The summed E-state index contributed by atoms with van der Waals surface area (Å²) in [5.74, 6) is -0.276. The molecule has 0 heterocycles. The number of rotatable bonds is 12. The third-order valence-electron chi connectivity index (χ3n) is 3.94. The van der Waals surface area contributed by atoms with Gasteiger partial charge in [0.2, 0.25) is 5.91 Å². The van der Waals surface area contributed by atoms with E-state index in [0.717, 1.165) is 45.7 Å². The molecule has 0 aromatic carbocycles. The number of hydrogen-bond acceptors (Lipinski definition) is 4. The maximum absolute atomic E-state index is 11.7. The topological polar surface area (TPSA) is 61.6 Å². The van der Waals surface area contributed by atoms with E-state index in [9.17, 15) is 4.79 Å². The van der Waals surface area contributed by atoms with Crippen molar-refractivity contribution >= 4 is 5.91 Å². The zero-order chi connectivity index (χ0) is 15.6. The third-order valence-corrected chi connectivity index (χ3v) is 3.94. The van der Waals surface area contributed by atoms with Crippen molar-refractivity contribution < 1.29 is 4.79 Å². The van der Waals surface area contributed by atoms with Gasteiger partial charge in [0, 0.05) is 6.54 Å². The fraction of sp³-hybridized carbons (Fsp3) is 0.933. The number of carbonyl (C=O) groups is 1. The number of nitrogens with one attached hydrogen (secondary N) is 1. The van der Waals surface area contributed by atoms with Crippen LogP contribution in [0, 0.1) is 0 Å². The van der Waals surface area contributed by atoms with Gasteiger partial charge in [-0.1, -0.05) is 27.7 Å². The molecule has 0 saturated carbocycles. The van der Waals surface area contributed by atoms with E-state index in [1.54, 1.807) is 0 Å². The van der Waals surface area contributed by atoms with Gasteiger partial charge >= 0.3 is 0 Å². The van der Waals surface area contributed by atoms with E-state index in [2.05, 4.69) is 35.9 Å². The Bertz CT molecular complexity index is 269. The van der Waals surface area contributed by atoms with Crippen molar-refractivity contribution in [2.24, 2.45) is 5.73 Å². The summed E-state index contributed by atoms with van der Waals surface area (Å²) in [6.07, 6.45) is 1.12. The van der Waals surface area contributed by atoms with Crippen LogP contribution in [-0.2, 0) is 4.79 Å². The van der Waals surface area contributed by atoms with Crippen LogP contribution in [-0.4, -0.2) is 67.1 Å². The molecule has 1 atom stereocenters. The van der Waals surface area contributed by atoms with Crippen LogP contribution in [0.25, 0.3) is 0 Å². The Morgan fingerprint density at radius 3 is 1.95 bits per heavy atom. The molecule has 0 saturated heterocycles. The largest absolute Gasteiger partial charge is 0.368 e. The lowest BCUT2D eigenvalue weighted by atomic mass is 10.0. The summed E-state index contributed by atoms with van der Waals surface area (Å²) in [6, 6.07) is 0. The van der Waals surface area contributed by atoms with Gasteiger partial charge in [0.05, 0.1) is 0 Å². The van der Waals surface area contributed by atoms with Crippen molar-refractivity contribution in [3.05, 3.63) is 0 Å². The summed E-state index contributed by atoms with van der Waals surface area (Å²) >= 11 is 0. The maximum Gasteiger partial charge on any atom is 0.238 e. The number of primary amides is 1. The van der Waals surface area contributed by atoms with E-state index in [4.69, 9.17) is 5.73 Å². The zero-order valence-electron chi connectivity index (χ0n) is 14.0. The summed E-state index contributed by atoms with van der Waals surface area (Å²) in [5.41, 5.74) is 4.90. The minimum Gasteiger partial charge on any atom is -0.368 e. The van der Waals surface area contributed by atoms with E-state index in [1.807, 2.05) is 13.8 Å². The van der Waals surface area contributed by atoms with Crippen LogP contribution in [0.3, 0.4) is 0 Å². The number of carbonyl (C=O) groups excluding carboxylic acids is 1. The monoisotopic (exact) mass is 286 g/mol. The van der Waals surface area contributed by atoms with Crippen LogP contribution >= 0.6 is 0 Å². The first-order chi connectivity index (χ1) is 9.43. The molecule has 0 aromatic rings. The van der Waals surface area contributed by atoms with Crippen LogP contribution in [0.5, 0.6) is 0 Å². The van der Waals surface area contributed by atoms with Gasteiger partial charge in [0.25, 0.3) is 0 Å². The van der Waals surface area contributed by atoms with Gasteiger partial charge in [0.15, 0.2) is 0 Å². The molecule has 3 N–H and O–H groups in total. The van der Waals surface area contributed by atoms with Gasteiger partial charge in [-0.2, -0.15) is 0 Å². The average molecular weight is 286 g/mol. The van der Waals surface area contributed by atoms with E-state index in [1.165, 1.54) is 0 Å². The lowest BCUT2D eigenvalue weighted by molar-refractivity contribution is -0.124. The predicted octanol–water partition coefficient (Wildman–Crippen LogP) is 0.894. The number of nitrogens with zero attached hydrogens (tertiary/aromatic N) is 2. The van der Waals surface area contributed by atoms with E-state index in [-0.39, 0.29) is 5.91 Å². The van der Waals surface area contributed by atoms with Crippen molar-refractivity contribution in [2.75, 3.05) is 45.8 Å². The Labute approximate surface area is 124 Å². The first-order valence-electron chi connectivity index (χ1n) is 7.93. The van der Waals surface area contributed by atoms with Gasteiger partial charge < -0.3 is 20.9 Å². The van der Waals surface area contributed by atoms with Crippen molar-refractivity contribution in [2.45, 2.75) is 46.6 Å². The van der Waals surface area contributed by atoms with E-state index >= 15 is 0 Å². The van der Waals surface area contributed by atoms with Crippen molar-refractivity contribution in [1.82, 2.24) is 15.1 Å². The number of amides is 1. The molecule has 1 unspecified atom stereocenters. The van der Waals surface area contributed by atoms with Gasteiger partial charge in [-0.25, -0.2) is 0 Å². The van der Waals surface area contributed by atoms with Gasteiger partial charge in [-0.3, -0.25) is 4.79 Å². The molecule has 5 heteroatoms. The van der Waals surface area contributed by atoms with Crippen LogP contribution in [0.4, 0.5) is 0 Å². The van der Waals surface area contributed by atoms with Gasteiger partial charge in [-0.05, 0) is 52.6 Å². The molecule has 0 rings (SSSR count). The predicted molar refractivity (Wildman–Crippen MR) is 85.8 cm³/mol. The molecule has 0 aromatic heterocycles. The summed E-state index contributed by atoms with van der Waals surface area (Å²) in [6.45, 7) is 17.1. The minimum absolute atomic E-state index is 0.276. The Morgan fingerprint density at radius 1 is 1.05 bits per heavy atom. The Morgan fingerprint density at radius 2 is 1.55 bits per heavy atom. The molecule has 0 aliphatic heterocycles. The molecule has 120 valence electrons. The second-order valence-corrected chi connectivity index (χ2v) is 5.48. The highest BCUT2D eigenvalue weighted by molar-refractivity contribution is 5.84. The molecule has 0 aliphatic carbocycles. The smallest absolute Gasteiger partial charge is 0.238 e. The lowest BCUT2D eigenvalue weighted by Gasteiger charge is -2.33. The normalized spacial score (nSPS) is 14.8. The average Bonchev–Trinajstić information content (AvgIpc) is 2.42. The molecule has 5 nitrogen and oxygen atoms in total. The van der Waals surface area contributed by atoms with Crippen molar-refractivity contribution in [3.63, 3.8) is 0 Å². The lowest BCUT2D eigenvalue weighted by Crippen LogP contribution is -2.59. The van der Waals surface area contributed by atoms with Crippen molar-refractivity contribution in [3.8, 4) is 0 Å². The third kappa shape index (κ3) is 6.68. The first-order valence-corrected chi connectivity index (χ1v) is 7.93. The molecular formula is C15H34N4O. The SMILES string of the molecule is CCNC(C)(CN(CC)CCCN(CC)CC)C(N)=O. The van der Waals surface area contributed by atoms with Crippen LogP contribution < -0.4 is 11.1 Å². The molecule has 0 aliphatic rings. The molecular weight excluding hydrogens is 252 g/mol. The number of likely N-dealkylation sites (N-methyl/N-ethyl adjacent to an activating group) is 2. The van der Waals surface area contributed by atoms with E-state index in [0.29, 0.717) is 6.54 Å². The fourth-order valence-electron chi connectivity index (χ4n) is 2.47. The standard InChI is InChI=1S/C15H34N4O/c1-6-17-15(5,14(16)20)13-19(9-4)12-10-11-18(7-2)8-3/h17H,6-13H2,1-5H3,(H2,16,20). The van der Waals surface area contributed by atoms with Gasteiger partial charge in [0.1, 0.15) is 5.54 Å². The Hall–Kier alpha value is -0.650. The second kappa shape index (κ2) is 10.1. The Kier molecular flexibility index (Phi) is 9.80. The highest BCUT2D eigenvalue weighted by Crippen LogP contribution is 2.07. The zero-order valence-corrected chi connectivity index (χ0v) is 14.0. The highest BCUT2D eigenvalue weighted by atomic mass is 16.1. The molecule has 0 spiro atoms. The number of hydrogen-bond donors (Lipinski definition) is 2. The summed E-state index contributed by atoms with van der Waals surface area (Å²) < 4.78 is 0.